The van der Waals surface area contributed by atoms with Gasteiger partial charge in [0.1, 0.15) is 0 Å². The zero-order chi connectivity index (χ0) is 12.0. The summed E-state index contributed by atoms with van der Waals surface area (Å²) >= 11 is 3.42. The first-order valence-electron chi connectivity index (χ1n) is 5.21. The number of methoxy groups -OCH3 is 2. The van der Waals surface area contributed by atoms with Crippen molar-refractivity contribution in [3.63, 3.8) is 0 Å². The van der Waals surface area contributed by atoms with Gasteiger partial charge in [-0.3, -0.25) is 0 Å². The predicted molar refractivity (Wildman–Crippen MR) is 68.4 cm³/mol. The van der Waals surface area contributed by atoms with Crippen molar-refractivity contribution in [3.05, 3.63) is 34.3 Å². The first kappa shape index (κ1) is 13.6. The largest absolute Gasteiger partial charge is 0.355 e. The first-order valence-corrected chi connectivity index (χ1v) is 6.01. The third kappa shape index (κ3) is 4.22. The molecule has 3 nitrogen and oxygen atoms in total. The van der Waals surface area contributed by atoms with E-state index in [1.54, 1.807) is 14.2 Å². The van der Waals surface area contributed by atoms with Crippen molar-refractivity contribution in [1.82, 2.24) is 5.32 Å². The van der Waals surface area contributed by atoms with Gasteiger partial charge in [0.15, 0.2) is 6.29 Å². The van der Waals surface area contributed by atoms with Crippen LogP contribution in [0.1, 0.15) is 18.5 Å². The zero-order valence-corrected chi connectivity index (χ0v) is 11.5. The summed E-state index contributed by atoms with van der Waals surface area (Å²) in [5.74, 6) is 0. The quantitative estimate of drug-likeness (QED) is 0.816. The molecule has 4 heteroatoms. The summed E-state index contributed by atoms with van der Waals surface area (Å²) in [4.78, 5) is 0. The summed E-state index contributed by atoms with van der Waals surface area (Å²) in [6.07, 6.45) is -0.196. The molecule has 1 N–H and O–H groups in total. The minimum Gasteiger partial charge on any atom is -0.355 e. The fourth-order valence-corrected chi connectivity index (χ4v) is 1.67. The van der Waals surface area contributed by atoms with Crippen molar-refractivity contribution in [2.45, 2.75) is 19.3 Å². The van der Waals surface area contributed by atoms with Gasteiger partial charge in [0, 0.05) is 31.3 Å². The number of halogens is 1. The Labute approximate surface area is 105 Å². The Kier molecular flexibility index (Phi) is 5.98. The van der Waals surface area contributed by atoms with Crippen LogP contribution in [0.2, 0.25) is 0 Å². The highest BCUT2D eigenvalue weighted by Gasteiger charge is 2.09. The average molecular weight is 288 g/mol. The smallest absolute Gasteiger partial charge is 0.169 e. The Morgan fingerprint density at radius 3 is 2.25 bits per heavy atom. The van der Waals surface area contributed by atoms with Crippen LogP contribution in [0, 0.1) is 0 Å². The van der Waals surface area contributed by atoms with Crippen molar-refractivity contribution in [3.8, 4) is 0 Å². The number of ether oxygens (including phenoxy) is 2. The lowest BCUT2D eigenvalue weighted by Gasteiger charge is -2.18. The summed E-state index contributed by atoms with van der Waals surface area (Å²) in [7, 11) is 3.28. The molecule has 1 rings (SSSR count). The van der Waals surface area contributed by atoms with E-state index >= 15 is 0 Å². The summed E-state index contributed by atoms with van der Waals surface area (Å²) in [6, 6.07) is 8.54. The van der Waals surface area contributed by atoms with Crippen molar-refractivity contribution in [2.75, 3.05) is 20.8 Å². The molecule has 0 saturated carbocycles. The Morgan fingerprint density at radius 1 is 1.19 bits per heavy atom. The second-order valence-corrected chi connectivity index (χ2v) is 4.50. The third-order valence-corrected chi connectivity index (χ3v) is 3.02. The van der Waals surface area contributed by atoms with E-state index in [0.717, 1.165) is 4.47 Å². The minimum atomic E-state index is -0.196. The van der Waals surface area contributed by atoms with Crippen LogP contribution in [-0.4, -0.2) is 27.1 Å². The Hall–Kier alpha value is -0.420. The molecule has 0 spiro atoms. The van der Waals surface area contributed by atoms with Gasteiger partial charge < -0.3 is 14.8 Å². The van der Waals surface area contributed by atoms with E-state index in [4.69, 9.17) is 9.47 Å². The predicted octanol–water partition coefficient (Wildman–Crippen LogP) is 2.72. The van der Waals surface area contributed by atoms with Crippen molar-refractivity contribution in [1.29, 1.82) is 0 Å². The maximum Gasteiger partial charge on any atom is 0.169 e. The van der Waals surface area contributed by atoms with Crippen LogP contribution >= 0.6 is 15.9 Å². The van der Waals surface area contributed by atoms with E-state index in [-0.39, 0.29) is 12.3 Å². The zero-order valence-electron chi connectivity index (χ0n) is 9.87. The molecule has 1 aromatic carbocycles. The van der Waals surface area contributed by atoms with E-state index in [1.807, 2.05) is 12.1 Å². The molecule has 0 unspecified atom stereocenters. The molecular formula is C12H18BrNO2. The molecule has 0 aliphatic rings. The summed E-state index contributed by atoms with van der Waals surface area (Å²) in [6.45, 7) is 2.79. The lowest BCUT2D eigenvalue weighted by molar-refractivity contribution is -0.0997. The van der Waals surface area contributed by atoms with Gasteiger partial charge in [0.25, 0.3) is 0 Å². The van der Waals surface area contributed by atoms with Crippen LogP contribution in [0.5, 0.6) is 0 Å². The van der Waals surface area contributed by atoms with Gasteiger partial charge in [-0.2, -0.15) is 0 Å². The summed E-state index contributed by atoms with van der Waals surface area (Å²) in [5.41, 5.74) is 1.24. The van der Waals surface area contributed by atoms with Crippen molar-refractivity contribution < 1.29 is 9.47 Å². The van der Waals surface area contributed by atoms with Gasteiger partial charge in [-0.15, -0.1) is 0 Å². The number of hydrogen-bond acceptors (Lipinski definition) is 3. The average Bonchev–Trinajstić information content (AvgIpc) is 2.31. The molecule has 0 radical (unpaired) electrons. The van der Waals surface area contributed by atoms with Gasteiger partial charge in [-0.25, -0.2) is 0 Å². The molecule has 90 valence electrons. The van der Waals surface area contributed by atoms with E-state index in [1.165, 1.54) is 5.56 Å². The molecule has 16 heavy (non-hydrogen) atoms. The maximum absolute atomic E-state index is 5.11. The topological polar surface area (TPSA) is 30.5 Å². The van der Waals surface area contributed by atoms with Crippen LogP contribution in [0.4, 0.5) is 0 Å². The second kappa shape index (κ2) is 7.01. The van der Waals surface area contributed by atoms with Gasteiger partial charge in [-0.1, -0.05) is 28.1 Å². The normalized spacial score (nSPS) is 13.1. The number of hydrogen-bond donors (Lipinski definition) is 1. The lowest BCUT2D eigenvalue weighted by Crippen LogP contribution is -2.31. The van der Waals surface area contributed by atoms with Gasteiger partial charge in [0.05, 0.1) is 0 Å². The third-order valence-electron chi connectivity index (χ3n) is 2.49. The van der Waals surface area contributed by atoms with Crippen LogP contribution in [0.25, 0.3) is 0 Å². The van der Waals surface area contributed by atoms with Gasteiger partial charge in [-0.05, 0) is 24.6 Å². The second-order valence-electron chi connectivity index (χ2n) is 3.58. The number of benzene rings is 1. The first-order chi connectivity index (χ1) is 7.67. The van der Waals surface area contributed by atoms with E-state index in [2.05, 4.69) is 40.3 Å². The van der Waals surface area contributed by atoms with Crippen molar-refractivity contribution >= 4 is 15.9 Å². The lowest BCUT2D eigenvalue weighted by atomic mass is 10.1. The van der Waals surface area contributed by atoms with Crippen LogP contribution < -0.4 is 5.32 Å². The minimum absolute atomic E-state index is 0.196. The van der Waals surface area contributed by atoms with Gasteiger partial charge in [0.2, 0.25) is 0 Å². The van der Waals surface area contributed by atoms with Crippen LogP contribution in [-0.2, 0) is 9.47 Å². The Balaban J connectivity index is 2.46. The highest BCUT2D eigenvalue weighted by Crippen LogP contribution is 2.16. The molecule has 0 fully saturated rings. The summed E-state index contributed by atoms with van der Waals surface area (Å²) in [5, 5.41) is 3.35. The molecular weight excluding hydrogens is 270 g/mol. The van der Waals surface area contributed by atoms with Crippen LogP contribution in [0.15, 0.2) is 28.7 Å². The monoisotopic (exact) mass is 287 g/mol. The Bertz CT molecular complexity index is 298. The molecule has 0 saturated heterocycles. The highest BCUT2D eigenvalue weighted by molar-refractivity contribution is 9.10. The molecule has 1 aromatic rings. The van der Waals surface area contributed by atoms with E-state index in [9.17, 15) is 0 Å². The molecule has 0 heterocycles. The molecule has 0 amide bonds. The molecule has 0 aliphatic carbocycles. The van der Waals surface area contributed by atoms with Crippen molar-refractivity contribution in [2.24, 2.45) is 0 Å². The standard InChI is InChI=1S/C12H18BrNO2/c1-9(14-8-12(15-2)16-3)10-4-6-11(13)7-5-10/h4-7,9,12,14H,8H2,1-3H3/t9-/m0/s1. The molecule has 0 aliphatic heterocycles. The fraction of sp³-hybridized carbons (Fsp3) is 0.500. The summed E-state index contributed by atoms with van der Waals surface area (Å²) < 4.78 is 11.3. The highest BCUT2D eigenvalue weighted by atomic mass is 79.9. The van der Waals surface area contributed by atoms with Gasteiger partial charge >= 0.3 is 0 Å². The van der Waals surface area contributed by atoms with E-state index in [0.29, 0.717) is 6.54 Å². The maximum atomic E-state index is 5.11. The van der Waals surface area contributed by atoms with Crippen LogP contribution in [0.3, 0.4) is 0 Å². The molecule has 0 bridgehead atoms. The molecule has 0 aromatic heterocycles. The Morgan fingerprint density at radius 2 is 1.75 bits per heavy atom. The number of rotatable bonds is 6. The molecule has 1 atom stereocenters. The SMILES string of the molecule is COC(CN[C@@H](C)c1ccc(Br)cc1)OC. The number of nitrogens with one attached hydrogen (secondary N) is 1. The van der Waals surface area contributed by atoms with E-state index < -0.39 is 0 Å². The fourth-order valence-electron chi connectivity index (χ4n) is 1.41.